The van der Waals surface area contributed by atoms with Gasteiger partial charge in [0, 0.05) is 62.8 Å². The second kappa shape index (κ2) is 13.0. The van der Waals surface area contributed by atoms with Gasteiger partial charge in [0.1, 0.15) is 17.7 Å². The van der Waals surface area contributed by atoms with Crippen molar-refractivity contribution in [1.29, 1.82) is 0 Å². The molecule has 1 saturated heterocycles. The zero-order chi connectivity index (χ0) is 29.7. The fourth-order valence-corrected chi connectivity index (χ4v) is 4.84. The molecule has 2 N–H and O–H groups in total. The molecule has 12 heteroatoms. The molecule has 0 radical (unpaired) electrons. The summed E-state index contributed by atoms with van der Waals surface area (Å²) in [5.41, 5.74) is 1.59. The Morgan fingerprint density at radius 3 is 2.71 bits per heavy atom. The molecule has 3 amide bonds. The lowest BCUT2D eigenvalue weighted by molar-refractivity contribution is -0.142. The van der Waals surface area contributed by atoms with E-state index >= 15 is 0 Å². The maximum Gasteiger partial charge on any atom is 0.254 e. The van der Waals surface area contributed by atoms with Gasteiger partial charge in [-0.05, 0) is 43.0 Å². The third-order valence-electron chi connectivity index (χ3n) is 6.85. The van der Waals surface area contributed by atoms with E-state index in [2.05, 4.69) is 25.6 Å². The largest absolute Gasteiger partial charge is 0.351 e. The van der Waals surface area contributed by atoms with Crippen molar-refractivity contribution >= 4 is 40.8 Å². The van der Waals surface area contributed by atoms with E-state index in [1.165, 1.54) is 35.5 Å². The summed E-state index contributed by atoms with van der Waals surface area (Å²) < 4.78 is 14.5. The van der Waals surface area contributed by atoms with Crippen LogP contribution in [0, 0.1) is 5.82 Å². The summed E-state index contributed by atoms with van der Waals surface area (Å²) in [7, 11) is 3.34. The molecule has 3 heterocycles. The number of carbonyl (C=O) groups excluding carboxylic acids is 3. The molecule has 4 rings (SSSR count). The summed E-state index contributed by atoms with van der Waals surface area (Å²) >= 11 is 6.08. The molecule has 1 fully saturated rings. The van der Waals surface area contributed by atoms with Crippen LogP contribution in [0.4, 0.5) is 15.9 Å². The molecule has 0 saturated carbocycles. The minimum Gasteiger partial charge on any atom is -0.351 e. The van der Waals surface area contributed by atoms with E-state index < -0.39 is 17.8 Å². The first-order valence-corrected chi connectivity index (χ1v) is 13.8. The summed E-state index contributed by atoms with van der Waals surface area (Å²) in [5, 5.41) is 6.32. The molecule has 0 bridgehead atoms. The van der Waals surface area contributed by atoms with Gasteiger partial charge in [0.15, 0.2) is 5.82 Å². The zero-order valence-corrected chi connectivity index (χ0v) is 24.2. The van der Waals surface area contributed by atoms with Crippen LogP contribution in [0.2, 0.25) is 5.02 Å². The maximum absolute atomic E-state index is 14.5. The highest BCUT2D eigenvalue weighted by atomic mass is 35.5. The highest BCUT2D eigenvalue weighted by Crippen LogP contribution is 2.30. The van der Waals surface area contributed by atoms with Crippen molar-refractivity contribution in [2.75, 3.05) is 32.5 Å². The van der Waals surface area contributed by atoms with Gasteiger partial charge in [-0.3, -0.25) is 19.4 Å². The van der Waals surface area contributed by atoms with E-state index in [9.17, 15) is 18.8 Å². The standard InChI is InChI=1S/C29H33ClFN7O3/c1-17(2)20-16-34-26(19-14-18(30)7-8-22(19)31)36-27(20)35-23-9-11-32-15-21(23)28(40)33-12-10-25(39)38-13-5-6-24(38)29(41)37(3)4/h7-9,11,14-17,24H,5-6,10,12-13H2,1-4H3,(H,33,40)(H,32,34,35,36). The first kappa shape index (κ1) is 29.9. The molecular formula is C29H33ClFN7O3. The maximum atomic E-state index is 14.5. The molecule has 0 aliphatic carbocycles. The Kier molecular flexibility index (Phi) is 9.49. The van der Waals surface area contributed by atoms with Crippen molar-refractivity contribution in [3.63, 3.8) is 0 Å². The van der Waals surface area contributed by atoms with Crippen molar-refractivity contribution in [3.05, 3.63) is 64.8 Å². The SMILES string of the molecule is CC(C)c1cnc(-c2cc(Cl)ccc2F)nc1Nc1ccncc1C(=O)NCCC(=O)N1CCCC1C(=O)N(C)C. The molecule has 1 unspecified atom stereocenters. The van der Waals surface area contributed by atoms with Gasteiger partial charge in [-0.1, -0.05) is 25.4 Å². The van der Waals surface area contributed by atoms with Crippen molar-refractivity contribution < 1.29 is 18.8 Å². The Bertz CT molecular complexity index is 1450. The molecular weight excluding hydrogens is 549 g/mol. The number of likely N-dealkylation sites (tertiary alicyclic amines) is 1. The number of likely N-dealkylation sites (N-methyl/N-ethyl adjacent to an activating group) is 1. The van der Waals surface area contributed by atoms with Gasteiger partial charge in [0.25, 0.3) is 5.91 Å². The zero-order valence-electron chi connectivity index (χ0n) is 23.4. The number of nitrogens with one attached hydrogen (secondary N) is 2. The van der Waals surface area contributed by atoms with Crippen molar-refractivity contribution in [3.8, 4) is 11.4 Å². The minimum absolute atomic E-state index is 0.0228. The normalized spacial score (nSPS) is 14.7. The van der Waals surface area contributed by atoms with Crippen LogP contribution in [0.15, 0.2) is 42.9 Å². The first-order chi connectivity index (χ1) is 19.6. The smallest absolute Gasteiger partial charge is 0.254 e. The lowest BCUT2D eigenvalue weighted by atomic mass is 10.1. The second-order valence-electron chi connectivity index (χ2n) is 10.3. The number of amides is 3. The summed E-state index contributed by atoms with van der Waals surface area (Å²) in [6.45, 7) is 4.55. The van der Waals surface area contributed by atoms with Crippen molar-refractivity contribution in [2.45, 2.75) is 45.1 Å². The molecule has 1 aliphatic heterocycles. The Labute approximate surface area is 243 Å². The average Bonchev–Trinajstić information content (AvgIpc) is 3.44. The van der Waals surface area contributed by atoms with Gasteiger partial charge in [-0.15, -0.1) is 0 Å². The van der Waals surface area contributed by atoms with Gasteiger partial charge in [0.05, 0.1) is 16.8 Å². The monoisotopic (exact) mass is 581 g/mol. The van der Waals surface area contributed by atoms with Crippen LogP contribution in [0.5, 0.6) is 0 Å². The lowest BCUT2D eigenvalue weighted by Crippen LogP contribution is -2.46. The number of anilines is 2. The van der Waals surface area contributed by atoms with Gasteiger partial charge in [0.2, 0.25) is 11.8 Å². The van der Waals surface area contributed by atoms with Gasteiger partial charge in [-0.25, -0.2) is 14.4 Å². The number of rotatable bonds is 9. The molecule has 41 heavy (non-hydrogen) atoms. The number of carbonyl (C=O) groups is 3. The van der Waals surface area contributed by atoms with Crippen LogP contribution < -0.4 is 10.6 Å². The van der Waals surface area contributed by atoms with E-state index in [-0.39, 0.29) is 47.6 Å². The quantitative estimate of drug-likeness (QED) is 0.384. The lowest BCUT2D eigenvalue weighted by Gasteiger charge is -2.26. The number of hydrogen-bond acceptors (Lipinski definition) is 7. The number of benzene rings is 1. The highest BCUT2D eigenvalue weighted by Gasteiger charge is 2.34. The Morgan fingerprint density at radius 1 is 1.20 bits per heavy atom. The number of halogens is 2. The first-order valence-electron chi connectivity index (χ1n) is 13.4. The topological polar surface area (TPSA) is 120 Å². The number of nitrogens with zero attached hydrogens (tertiary/aromatic N) is 5. The van der Waals surface area contributed by atoms with E-state index in [0.29, 0.717) is 29.5 Å². The van der Waals surface area contributed by atoms with E-state index in [1.807, 2.05) is 13.8 Å². The molecule has 10 nitrogen and oxygen atoms in total. The highest BCUT2D eigenvalue weighted by molar-refractivity contribution is 6.30. The van der Waals surface area contributed by atoms with Gasteiger partial charge >= 0.3 is 0 Å². The molecule has 1 aromatic carbocycles. The fraction of sp³-hybridized carbons (Fsp3) is 0.379. The third kappa shape index (κ3) is 6.97. The molecule has 0 spiro atoms. The third-order valence-corrected chi connectivity index (χ3v) is 7.09. The van der Waals surface area contributed by atoms with Crippen LogP contribution in [-0.4, -0.2) is 75.7 Å². The second-order valence-corrected chi connectivity index (χ2v) is 10.7. The van der Waals surface area contributed by atoms with Crippen LogP contribution in [0.1, 0.15) is 54.9 Å². The van der Waals surface area contributed by atoms with E-state index in [0.717, 1.165) is 12.0 Å². The summed E-state index contributed by atoms with van der Waals surface area (Å²) in [4.78, 5) is 54.5. The number of aromatic nitrogens is 3. The van der Waals surface area contributed by atoms with Crippen molar-refractivity contribution in [1.82, 2.24) is 30.1 Å². The Balaban J connectivity index is 1.49. The number of pyridine rings is 1. The predicted molar refractivity (Wildman–Crippen MR) is 154 cm³/mol. The molecule has 216 valence electrons. The summed E-state index contributed by atoms with van der Waals surface area (Å²) in [6.07, 6.45) is 6.02. The van der Waals surface area contributed by atoms with E-state index in [1.54, 1.807) is 31.3 Å². The Hall–Kier alpha value is -4.12. The molecule has 2 aromatic heterocycles. The van der Waals surface area contributed by atoms with Gasteiger partial charge < -0.3 is 20.4 Å². The summed E-state index contributed by atoms with van der Waals surface area (Å²) in [5.74, 6) is -0.656. The van der Waals surface area contributed by atoms with E-state index in [4.69, 9.17) is 11.6 Å². The van der Waals surface area contributed by atoms with Crippen LogP contribution >= 0.6 is 11.6 Å². The van der Waals surface area contributed by atoms with Crippen LogP contribution in [0.25, 0.3) is 11.4 Å². The molecule has 1 aliphatic rings. The molecule has 1 atom stereocenters. The average molecular weight is 582 g/mol. The van der Waals surface area contributed by atoms with Crippen LogP contribution in [0.3, 0.4) is 0 Å². The van der Waals surface area contributed by atoms with Crippen molar-refractivity contribution in [2.24, 2.45) is 0 Å². The summed E-state index contributed by atoms with van der Waals surface area (Å²) in [6, 6.07) is 5.33. The molecule has 3 aromatic rings. The number of hydrogen-bond donors (Lipinski definition) is 2. The Morgan fingerprint density at radius 2 is 1.98 bits per heavy atom. The fourth-order valence-electron chi connectivity index (χ4n) is 4.67. The predicted octanol–water partition coefficient (Wildman–Crippen LogP) is 4.40. The van der Waals surface area contributed by atoms with Crippen LogP contribution in [-0.2, 0) is 9.59 Å². The van der Waals surface area contributed by atoms with Gasteiger partial charge in [-0.2, -0.15) is 0 Å². The minimum atomic E-state index is -0.512.